The summed E-state index contributed by atoms with van der Waals surface area (Å²) in [5, 5.41) is 8.30. The largest absolute Gasteiger partial charge is 0.369 e. The maximum Gasteiger partial charge on any atom is 0.274 e. The van der Waals surface area contributed by atoms with Crippen molar-refractivity contribution in [3.8, 4) is 0 Å². The molecule has 2 amide bonds. The molecule has 0 saturated carbocycles. The molecule has 29 heavy (non-hydrogen) atoms. The van der Waals surface area contributed by atoms with Crippen LogP contribution in [0.15, 0.2) is 29.1 Å². The number of hydrogen-bond acceptors (Lipinski definition) is 5. The summed E-state index contributed by atoms with van der Waals surface area (Å²) >= 11 is 0. The number of nitrogens with two attached hydrogens (primary N) is 1. The number of amides is 2. The van der Waals surface area contributed by atoms with Crippen molar-refractivity contribution in [1.29, 1.82) is 0 Å². The van der Waals surface area contributed by atoms with Crippen molar-refractivity contribution in [2.24, 2.45) is 11.7 Å². The van der Waals surface area contributed by atoms with Gasteiger partial charge in [-0.1, -0.05) is 18.2 Å². The Morgan fingerprint density at radius 3 is 2.69 bits per heavy atom. The van der Waals surface area contributed by atoms with E-state index in [9.17, 15) is 14.4 Å². The Bertz CT molecular complexity index is 953. The van der Waals surface area contributed by atoms with E-state index in [1.165, 1.54) is 4.68 Å². The first-order valence-corrected chi connectivity index (χ1v) is 10.2. The number of nitrogens with one attached hydrogen (secondary N) is 1. The highest BCUT2D eigenvalue weighted by Crippen LogP contribution is 2.16. The number of primary amides is 1. The van der Waals surface area contributed by atoms with Crippen LogP contribution in [0.2, 0.25) is 0 Å². The SMILES string of the molecule is CC(C)n1nc(C(=O)NCCCN2CCCC(C(N)=O)C2)c2ccccc2c1=O. The van der Waals surface area contributed by atoms with Crippen LogP contribution >= 0.6 is 0 Å². The van der Waals surface area contributed by atoms with Crippen LogP contribution in [-0.2, 0) is 4.79 Å². The van der Waals surface area contributed by atoms with Gasteiger partial charge in [-0.3, -0.25) is 14.4 Å². The van der Waals surface area contributed by atoms with Crippen molar-refractivity contribution in [2.75, 3.05) is 26.2 Å². The van der Waals surface area contributed by atoms with E-state index in [0.29, 0.717) is 23.9 Å². The van der Waals surface area contributed by atoms with Crippen LogP contribution in [-0.4, -0.2) is 52.7 Å². The standard InChI is InChI=1S/C21H29N5O3/c1-14(2)26-21(29)17-9-4-3-8-16(17)18(24-26)20(28)23-10-6-12-25-11-5-7-15(13-25)19(22)27/h3-4,8-9,14-15H,5-7,10-13H2,1-2H3,(H2,22,27)(H,23,28). The first kappa shape index (κ1) is 21.0. The molecule has 2 heterocycles. The highest BCUT2D eigenvalue weighted by molar-refractivity contribution is 6.04. The van der Waals surface area contributed by atoms with Gasteiger partial charge in [0.2, 0.25) is 5.91 Å². The van der Waals surface area contributed by atoms with E-state index in [2.05, 4.69) is 15.3 Å². The number of rotatable bonds is 7. The monoisotopic (exact) mass is 399 g/mol. The molecule has 156 valence electrons. The normalized spacial score (nSPS) is 17.6. The maximum atomic E-state index is 12.8. The van der Waals surface area contributed by atoms with Crippen molar-refractivity contribution >= 4 is 22.6 Å². The molecule has 0 aliphatic carbocycles. The molecule has 3 N–H and O–H groups in total. The fourth-order valence-corrected chi connectivity index (χ4v) is 3.80. The van der Waals surface area contributed by atoms with E-state index in [1.54, 1.807) is 24.3 Å². The minimum atomic E-state index is -0.288. The van der Waals surface area contributed by atoms with E-state index in [-0.39, 0.29) is 35.0 Å². The Labute approximate surface area is 170 Å². The predicted molar refractivity (Wildman–Crippen MR) is 112 cm³/mol. The molecule has 8 nitrogen and oxygen atoms in total. The first-order valence-electron chi connectivity index (χ1n) is 10.2. The summed E-state index contributed by atoms with van der Waals surface area (Å²) in [5.74, 6) is -0.600. The van der Waals surface area contributed by atoms with Gasteiger partial charge in [0.15, 0.2) is 5.69 Å². The molecule has 1 saturated heterocycles. The van der Waals surface area contributed by atoms with Gasteiger partial charge >= 0.3 is 0 Å². The van der Waals surface area contributed by atoms with Crippen LogP contribution in [0.3, 0.4) is 0 Å². The van der Waals surface area contributed by atoms with Crippen molar-refractivity contribution in [1.82, 2.24) is 20.0 Å². The lowest BCUT2D eigenvalue weighted by Gasteiger charge is -2.31. The number of benzene rings is 1. The quantitative estimate of drug-likeness (QED) is 0.682. The first-order chi connectivity index (χ1) is 13.9. The van der Waals surface area contributed by atoms with Gasteiger partial charge in [0.1, 0.15) is 0 Å². The minimum absolute atomic E-state index is 0.0778. The second-order valence-corrected chi connectivity index (χ2v) is 7.89. The fraction of sp³-hybridized carbons (Fsp3) is 0.524. The number of aromatic nitrogens is 2. The lowest BCUT2D eigenvalue weighted by atomic mass is 9.97. The van der Waals surface area contributed by atoms with E-state index in [1.807, 2.05) is 13.8 Å². The lowest BCUT2D eigenvalue weighted by Crippen LogP contribution is -2.42. The summed E-state index contributed by atoms with van der Waals surface area (Å²) < 4.78 is 1.36. The third-order valence-electron chi connectivity index (χ3n) is 5.38. The number of nitrogens with zero attached hydrogens (tertiary/aromatic N) is 3. The Hall–Kier alpha value is -2.74. The number of carbonyl (C=O) groups excluding carboxylic acids is 2. The maximum absolute atomic E-state index is 12.8. The summed E-state index contributed by atoms with van der Waals surface area (Å²) in [5.41, 5.74) is 5.50. The van der Waals surface area contributed by atoms with Gasteiger partial charge in [-0.05, 0) is 52.3 Å². The predicted octanol–water partition coefficient (Wildman–Crippen LogP) is 1.29. The van der Waals surface area contributed by atoms with Crippen LogP contribution < -0.4 is 16.6 Å². The molecule has 8 heteroatoms. The van der Waals surface area contributed by atoms with E-state index < -0.39 is 0 Å². The Morgan fingerprint density at radius 1 is 1.28 bits per heavy atom. The highest BCUT2D eigenvalue weighted by atomic mass is 16.2. The van der Waals surface area contributed by atoms with Crippen LogP contribution in [0.4, 0.5) is 0 Å². The Kier molecular flexibility index (Phi) is 6.64. The van der Waals surface area contributed by atoms with Gasteiger partial charge in [0, 0.05) is 18.5 Å². The number of likely N-dealkylation sites (tertiary alicyclic amines) is 1. The van der Waals surface area contributed by atoms with Crippen LogP contribution in [0, 0.1) is 5.92 Å². The summed E-state index contributed by atoms with van der Waals surface area (Å²) in [6.45, 7) is 6.65. The van der Waals surface area contributed by atoms with Gasteiger partial charge < -0.3 is 16.0 Å². The molecule has 1 aliphatic heterocycles. The average Bonchev–Trinajstić information content (AvgIpc) is 2.71. The lowest BCUT2D eigenvalue weighted by molar-refractivity contribution is -0.123. The van der Waals surface area contributed by atoms with E-state index >= 15 is 0 Å². The zero-order chi connectivity index (χ0) is 21.0. The number of carbonyl (C=O) groups is 2. The molecule has 1 aromatic carbocycles. The zero-order valence-electron chi connectivity index (χ0n) is 17.1. The number of piperidine rings is 1. The summed E-state index contributed by atoms with van der Waals surface area (Å²) in [6.07, 6.45) is 2.58. The Morgan fingerprint density at radius 2 is 2.00 bits per heavy atom. The summed E-state index contributed by atoms with van der Waals surface area (Å²) in [7, 11) is 0. The highest BCUT2D eigenvalue weighted by Gasteiger charge is 2.23. The van der Waals surface area contributed by atoms with Crippen LogP contribution in [0.5, 0.6) is 0 Å². The summed E-state index contributed by atoms with van der Waals surface area (Å²) in [4.78, 5) is 39.0. The van der Waals surface area contributed by atoms with E-state index in [0.717, 1.165) is 32.4 Å². The zero-order valence-corrected chi connectivity index (χ0v) is 17.1. The van der Waals surface area contributed by atoms with Crippen molar-refractivity contribution < 1.29 is 9.59 Å². The van der Waals surface area contributed by atoms with Crippen molar-refractivity contribution in [3.05, 3.63) is 40.3 Å². The molecule has 1 atom stereocenters. The van der Waals surface area contributed by atoms with Gasteiger partial charge in [0.25, 0.3) is 11.5 Å². The molecule has 0 radical (unpaired) electrons. The van der Waals surface area contributed by atoms with Gasteiger partial charge in [-0.15, -0.1) is 0 Å². The van der Waals surface area contributed by atoms with Crippen molar-refractivity contribution in [2.45, 2.75) is 39.2 Å². The molecule has 0 bridgehead atoms. The van der Waals surface area contributed by atoms with Gasteiger partial charge in [-0.25, -0.2) is 4.68 Å². The molecule has 0 spiro atoms. The minimum Gasteiger partial charge on any atom is -0.369 e. The second kappa shape index (κ2) is 9.17. The fourth-order valence-electron chi connectivity index (χ4n) is 3.80. The smallest absolute Gasteiger partial charge is 0.274 e. The van der Waals surface area contributed by atoms with Crippen LogP contribution in [0.1, 0.15) is 49.6 Å². The van der Waals surface area contributed by atoms with Crippen LogP contribution in [0.25, 0.3) is 10.8 Å². The third kappa shape index (κ3) is 4.82. The average molecular weight is 399 g/mol. The van der Waals surface area contributed by atoms with Gasteiger partial charge in [0.05, 0.1) is 17.3 Å². The van der Waals surface area contributed by atoms with E-state index in [4.69, 9.17) is 5.73 Å². The third-order valence-corrected chi connectivity index (χ3v) is 5.38. The molecule has 1 aliphatic rings. The molecule has 2 aromatic rings. The molecular formula is C21H29N5O3. The van der Waals surface area contributed by atoms with Crippen molar-refractivity contribution in [3.63, 3.8) is 0 Å². The molecule has 1 unspecified atom stereocenters. The molecule has 1 fully saturated rings. The molecule has 3 rings (SSSR count). The van der Waals surface area contributed by atoms with Gasteiger partial charge in [-0.2, -0.15) is 5.10 Å². The molecular weight excluding hydrogens is 370 g/mol. The summed E-state index contributed by atoms with van der Waals surface area (Å²) in [6, 6.07) is 6.91. The Balaban J connectivity index is 1.64. The number of fused-ring (bicyclic) bond motifs is 1. The topological polar surface area (TPSA) is 110 Å². The number of hydrogen-bond donors (Lipinski definition) is 2. The molecule has 1 aromatic heterocycles. The second-order valence-electron chi connectivity index (χ2n) is 7.89.